The maximum Gasteiger partial charge on any atom is 0.314 e. The summed E-state index contributed by atoms with van der Waals surface area (Å²) < 4.78 is 10.2. The van der Waals surface area contributed by atoms with E-state index >= 15 is 0 Å². The number of aliphatic carboxylic acids is 1. The van der Waals surface area contributed by atoms with Crippen LogP contribution in [0.15, 0.2) is 12.1 Å². The van der Waals surface area contributed by atoms with E-state index in [0.717, 1.165) is 0 Å². The lowest BCUT2D eigenvalue weighted by molar-refractivity contribution is -0.139. The molecule has 0 saturated carbocycles. The molecule has 5 heteroatoms. The second-order valence-electron chi connectivity index (χ2n) is 3.79. The number of ether oxygens (including phenoxy) is 2. The van der Waals surface area contributed by atoms with Crippen LogP contribution < -0.4 is 9.47 Å². The van der Waals surface area contributed by atoms with Gasteiger partial charge in [-0.25, -0.2) is 0 Å². The highest BCUT2D eigenvalue weighted by Crippen LogP contribution is 2.39. The molecule has 1 N–H and O–H groups in total. The van der Waals surface area contributed by atoms with Crippen LogP contribution in [0.25, 0.3) is 0 Å². The predicted octanol–water partition coefficient (Wildman–Crippen LogP) is 1.14. The van der Waals surface area contributed by atoms with Gasteiger partial charge in [0.05, 0.1) is 19.8 Å². The molecule has 0 aliphatic heterocycles. The first-order valence-electron chi connectivity index (χ1n) is 5.11. The van der Waals surface area contributed by atoms with Gasteiger partial charge in [0.15, 0.2) is 17.3 Å². The summed E-state index contributed by atoms with van der Waals surface area (Å²) in [5, 5.41) is 8.95. The smallest absolute Gasteiger partial charge is 0.314 e. The SMILES string of the molecule is COc1ccc2c(c1OC)C(=O)C(C(=O)O)C2. The minimum absolute atomic E-state index is 0.212. The minimum atomic E-state index is -1.10. The highest BCUT2D eigenvalue weighted by Gasteiger charge is 2.39. The molecule has 0 fully saturated rings. The first-order valence-corrected chi connectivity index (χ1v) is 5.11. The molecule has 0 saturated heterocycles. The Labute approximate surface area is 98.0 Å². The molecular weight excluding hydrogens is 224 g/mol. The third-order valence-corrected chi connectivity index (χ3v) is 2.92. The van der Waals surface area contributed by atoms with Gasteiger partial charge in [-0.05, 0) is 18.1 Å². The molecule has 5 nitrogen and oxygen atoms in total. The lowest BCUT2D eigenvalue weighted by Gasteiger charge is -2.10. The maximum atomic E-state index is 12.0. The van der Waals surface area contributed by atoms with E-state index in [1.807, 2.05) is 0 Å². The van der Waals surface area contributed by atoms with Crippen molar-refractivity contribution in [3.63, 3.8) is 0 Å². The molecule has 0 radical (unpaired) electrons. The quantitative estimate of drug-likeness (QED) is 0.797. The Hall–Kier alpha value is -2.04. The molecule has 1 aromatic carbocycles. The largest absolute Gasteiger partial charge is 0.493 e. The van der Waals surface area contributed by atoms with Crippen molar-refractivity contribution in [1.29, 1.82) is 0 Å². The van der Waals surface area contributed by atoms with E-state index in [0.29, 0.717) is 22.6 Å². The number of carboxylic acid groups (broad SMARTS) is 1. The monoisotopic (exact) mass is 236 g/mol. The average molecular weight is 236 g/mol. The summed E-state index contributed by atoms with van der Waals surface area (Å²) in [5.41, 5.74) is 1.03. The standard InChI is InChI=1S/C12H12O5/c1-16-8-4-3-6-5-7(12(14)15)10(13)9(6)11(8)17-2/h3-4,7H,5H2,1-2H3,(H,14,15). The number of carboxylic acids is 1. The number of carbonyl (C=O) groups excluding carboxylic acids is 1. The topological polar surface area (TPSA) is 72.8 Å². The molecule has 1 aromatic rings. The first kappa shape index (κ1) is 11.4. The van der Waals surface area contributed by atoms with E-state index in [1.54, 1.807) is 12.1 Å². The zero-order chi connectivity index (χ0) is 12.6. The third-order valence-electron chi connectivity index (χ3n) is 2.92. The van der Waals surface area contributed by atoms with Crippen molar-refractivity contribution in [2.45, 2.75) is 6.42 Å². The molecular formula is C12H12O5. The Morgan fingerprint density at radius 2 is 2.06 bits per heavy atom. The second kappa shape index (κ2) is 4.08. The zero-order valence-corrected chi connectivity index (χ0v) is 9.52. The third kappa shape index (κ3) is 1.63. The van der Waals surface area contributed by atoms with Crippen LogP contribution in [0.4, 0.5) is 0 Å². The number of benzene rings is 1. The van der Waals surface area contributed by atoms with Crippen LogP contribution >= 0.6 is 0 Å². The van der Waals surface area contributed by atoms with Crippen LogP contribution in [-0.2, 0) is 11.2 Å². The molecule has 1 unspecified atom stereocenters. The average Bonchev–Trinajstić information content (AvgIpc) is 2.66. The Morgan fingerprint density at radius 1 is 1.35 bits per heavy atom. The van der Waals surface area contributed by atoms with Crippen molar-refractivity contribution in [2.75, 3.05) is 14.2 Å². The highest BCUT2D eigenvalue weighted by atomic mass is 16.5. The van der Waals surface area contributed by atoms with Gasteiger partial charge in [-0.3, -0.25) is 9.59 Å². The lowest BCUT2D eigenvalue weighted by Crippen LogP contribution is -2.19. The number of carbonyl (C=O) groups is 2. The van der Waals surface area contributed by atoms with E-state index in [9.17, 15) is 9.59 Å². The molecule has 1 aliphatic rings. The van der Waals surface area contributed by atoms with Gasteiger partial charge >= 0.3 is 5.97 Å². The van der Waals surface area contributed by atoms with Gasteiger partial charge in [0.25, 0.3) is 0 Å². The summed E-state index contributed by atoms with van der Waals surface area (Å²) in [5.74, 6) is -1.77. The fraction of sp³-hybridized carbons (Fsp3) is 0.333. The summed E-state index contributed by atoms with van der Waals surface area (Å²) >= 11 is 0. The zero-order valence-electron chi connectivity index (χ0n) is 9.52. The van der Waals surface area contributed by atoms with Crippen molar-refractivity contribution in [3.8, 4) is 11.5 Å². The molecule has 0 spiro atoms. The molecule has 1 aliphatic carbocycles. The van der Waals surface area contributed by atoms with Crippen LogP contribution in [0.2, 0.25) is 0 Å². The normalized spacial score (nSPS) is 17.8. The van der Waals surface area contributed by atoms with Gasteiger partial charge in [0.2, 0.25) is 0 Å². The number of methoxy groups -OCH3 is 2. The number of ketones is 1. The molecule has 0 aromatic heterocycles. The lowest BCUT2D eigenvalue weighted by atomic mass is 10.1. The van der Waals surface area contributed by atoms with Gasteiger partial charge < -0.3 is 14.6 Å². The Morgan fingerprint density at radius 3 is 2.59 bits per heavy atom. The fourth-order valence-corrected chi connectivity index (χ4v) is 2.09. The van der Waals surface area contributed by atoms with Crippen molar-refractivity contribution < 1.29 is 24.2 Å². The van der Waals surface area contributed by atoms with Crippen LogP contribution in [0.1, 0.15) is 15.9 Å². The van der Waals surface area contributed by atoms with Crippen molar-refractivity contribution in [3.05, 3.63) is 23.3 Å². The Balaban J connectivity index is 2.56. The van der Waals surface area contributed by atoms with E-state index in [1.165, 1.54) is 14.2 Å². The summed E-state index contributed by atoms with van der Waals surface area (Å²) in [6.07, 6.45) is 0.212. The number of Topliss-reactive ketones (excluding diaryl/α,β-unsaturated/α-hetero) is 1. The van der Waals surface area contributed by atoms with Crippen LogP contribution in [0.3, 0.4) is 0 Å². The fourth-order valence-electron chi connectivity index (χ4n) is 2.09. The number of rotatable bonds is 3. The highest BCUT2D eigenvalue weighted by molar-refractivity contribution is 6.13. The van der Waals surface area contributed by atoms with Crippen molar-refractivity contribution in [2.24, 2.45) is 5.92 Å². The van der Waals surface area contributed by atoms with E-state index in [4.69, 9.17) is 14.6 Å². The van der Waals surface area contributed by atoms with Gasteiger partial charge in [-0.1, -0.05) is 6.07 Å². The summed E-state index contributed by atoms with van der Waals surface area (Å²) in [7, 11) is 2.90. The number of fused-ring (bicyclic) bond motifs is 1. The van der Waals surface area contributed by atoms with E-state index < -0.39 is 17.7 Å². The molecule has 1 atom stereocenters. The first-order chi connectivity index (χ1) is 8.10. The second-order valence-corrected chi connectivity index (χ2v) is 3.79. The van der Waals surface area contributed by atoms with Gasteiger partial charge in [-0.15, -0.1) is 0 Å². The van der Waals surface area contributed by atoms with Crippen molar-refractivity contribution in [1.82, 2.24) is 0 Å². The Kier molecular flexibility index (Phi) is 2.75. The van der Waals surface area contributed by atoms with E-state index in [2.05, 4.69) is 0 Å². The van der Waals surface area contributed by atoms with Crippen LogP contribution in [0, 0.1) is 5.92 Å². The molecule has 0 amide bonds. The van der Waals surface area contributed by atoms with Crippen LogP contribution in [-0.4, -0.2) is 31.1 Å². The van der Waals surface area contributed by atoms with Gasteiger partial charge in [-0.2, -0.15) is 0 Å². The minimum Gasteiger partial charge on any atom is -0.493 e. The summed E-state index contributed by atoms with van der Waals surface area (Å²) in [6, 6.07) is 3.38. The maximum absolute atomic E-state index is 12.0. The van der Waals surface area contributed by atoms with Crippen molar-refractivity contribution >= 4 is 11.8 Å². The van der Waals surface area contributed by atoms with Crippen LogP contribution in [0.5, 0.6) is 11.5 Å². The molecule has 2 rings (SSSR count). The molecule has 90 valence electrons. The van der Waals surface area contributed by atoms with Gasteiger partial charge in [0.1, 0.15) is 5.92 Å². The molecule has 0 bridgehead atoms. The predicted molar refractivity (Wildman–Crippen MR) is 58.7 cm³/mol. The molecule has 0 heterocycles. The van der Waals surface area contributed by atoms with E-state index in [-0.39, 0.29) is 6.42 Å². The summed E-state index contributed by atoms with van der Waals surface area (Å²) in [4.78, 5) is 22.9. The molecule has 17 heavy (non-hydrogen) atoms. The van der Waals surface area contributed by atoms with Gasteiger partial charge in [0, 0.05) is 0 Å². The Bertz CT molecular complexity index is 492. The number of hydrogen-bond acceptors (Lipinski definition) is 4. The number of hydrogen-bond donors (Lipinski definition) is 1. The summed E-state index contributed by atoms with van der Waals surface area (Å²) in [6.45, 7) is 0.